The van der Waals surface area contributed by atoms with Gasteiger partial charge in [0.2, 0.25) is 0 Å². The summed E-state index contributed by atoms with van der Waals surface area (Å²) in [6, 6.07) is 12.3. The molecule has 1 amide bonds. The molecule has 126 valence electrons. The fourth-order valence-corrected chi connectivity index (χ4v) is 2.20. The maximum absolute atomic E-state index is 12.0. The maximum Gasteiger partial charge on any atom is 0.262 e. The van der Waals surface area contributed by atoms with Gasteiger partial charge in [0, 0.05) is 12.0 Å². The van der Waals surface area contributed by atoms with Crippen LogP contribution in [0.25, 0.3) is 0 Å². The van der Waals surface area contributed by atoms with Crippen LogP contribution in [0.15, 0.2) is 42.5 Å². The first kappa shape index (κ1) is 17.5. The molecule has 0 saturated heterocycles. The first-order valence-electron chi connectivity index (χ1n) is 7.74. The molecule has 2 aromatic rings. The molecule has 0 aliphatic carbocycles. The van der Waals surface area contributed by atoms with E-state index in [2.05, 4.69) is 5.32 Å². The van der Waals surface area contributed by atoms with Crippen molar-refractivity contribution in [2.24, 2.45) is 0 Å². The monoisotopic (exact) mass is 327 g/mol. The zero-order valence-corrected chi connectivity index (χ0v) is 14.1. The van der Waals surface area contributed by atoms with Gasteiger partial charge in [0.15, 0.2) is 12.4 Å². The molecule has 24 heavy (non-hydrogen) atoms. The standard InChI is InChI=1S/C19H21NO4/c1-4-17(21)14-6-8-15(9-7-14)24-12-19(22)20-16-11-13(2)5-10-18(16)23-3/h5-11H,4,12H2,1-3H3,(H,20,22). The Balaban J connectivity index is 1.94. The van der Waals surface area contributed by atoms with Gasteiger partial charge in [-0.2, -0.15) is 0 Å². The molecule has 0 aromatic heterocycles. The molecule has 5 nitrogen and oxygen atoms in total. The fraction of sp³-hybridized carbons (Fsp3) is 0.263. The summed E-state index contributed by atoms with van der Waals surface area (Å²) in [6.07, 6.45) is 0.459. The largest absolute Gasteiger partial charge is 0.495 e. The number of carbonyl (C=O) groups is 2. The summed E-state index contributed by atoms with van der Waals surface area (Å²) in [5.74, 6) is 0.920. The Labute approximate surface area is 141 Å². The van der Waals surface area contributed by atoms with Crippen LogP contribution in [0.3, 0.4) is 0 Å². The number of anilines is 1. The Morgan fingerprint density at radius 1 is 1.08 bits per heavy atom. The van der Waals surface area contributed by atoms with Crippen molar-refractivity contribution in [1.82, 2.24) is 0 Å². The summed E-state index contributed by atoms with van der Waals surface area (Å²) in [7, 11) is 1.55. The Morgan fingerprint density at radius 3 is 2.42 bits per heavy atom. The number of ether oxygens (including phenoxy) is 2. The smallest absolute Gasteiger partial charge is 0.262 e. The predicted molar refractivity (Wildman–Crippen MR) is 92.9 cm³/mol. The van der Waals surface area contributed by atoms with Crippen molar-refractivity contribution in [3.05, 3.63) is 53.6 Å². The highest BCUT2D eigenvalue weighted by atomic mass is 16.5. The number of carbonyl (C=O) groups excluding carboxylic acids is 2. The van der Waals surface area contributed by atoms with E-state index in [4.69, 9.17) is 9.47 Å². The van der Waals surface area contributed by atoms with Gasteiger partial charge in [0.25, 0.3) is 5.91 Å². The Morgan fingerprint density at radius 2 is 1.79 bits per heavy atom. The van der Waals surface area contributed by atoms with Crippen molar-refractivity contribution in [2.75, 3.05) is 19.0 Å². The molecule has 5 heteroatoms. The van der Waals surface area contributed by atoms with Crippen LogP contribution in [0.4, 0.5) is 5.69 Å². The van der Waals surface area contributed by atoms with Gasteiger partial charge in [-0.1, -0.05) is 13.0 Å². The zero-order valence-electron chi connectivity index (χ0n) is 14.1. The van der Waals surface area contributed by atoms with Gasteiger partial charge in [-0.05, 0) is 48.9 Å². The van der Waals surface area contributed by atoms with E-state index in [9.17, 15) is 9.59 Å². The van der Waals surface area contributed by atoms with Gasteiger partial charge in [-0.15, -0.1) is 0 Å². The molecule has 2 aromatic carbocycles. The predicted octanol–water partition coefficient (Wildman–Crippen LogP) is 3.61. The fourth-order valence-electron chi connectivity index (χ4n) is 2.20. The van der Waals surface area contributed by atoms with Crippen molar-refractivity contribution in [2.45, 2.75) is 20.3 Å². The van der Waals surface area contributed by atoms with Crippen LogP contribution in [0.2, 0.25) is 0 Å². The number of aryl methyl sites for hydroxylation is 1. The zero-order chi connectivity index (χ0) is 17.5. The van der Waals surface area contributed by atoms with E-state index in [1.54, 1.807) is 37.4 Å². The molecule has 0 atom stereocenters. The van der Waals surface area contributed by atoms with E-state index < -0.39 is 0 Å². The van der Waals surface area contributed by atoms with Crippen LogP contribution in [0.5, 0.6) is 11.5 Å². The van der Waals surface area contributed by atoms with Gasteiger partial charge in [-0.3, -0.25) is 9.59 Å². The van der Waals surface area contributed by atoms with Crippen molar-refractivity contribution >= 4 is 17.4 Å². The quantitative estimate of drug-likeness (QED) is 0.789. The van der Waals surface area contributed by atoms with Crippen LogP contribution < -0.4 is 14.8 Å². The van der Waals surface area contributed by atoms with Crippen LogP contribution in [-0.2, 0) is 4.79 Å². The SMILES string of the molecule is CCC(=O)c1ccc(OCC(=O)Nc2cc(C)ccc2OC)cc1. The average Bonchev–Trinajstić information content (AvgIpc) is 2.60. The lowest BCUT2D eigenvalue weighted by Crippen LogP contribution is -2.20. The second kappa shape index (κ2) is 8.15. The number of hydrogen-bond donors (Lipinski definition) is 1. The second-order valence-corrected chi connectivity index (χ2v) is 5.34. The molecule has 1 N–H and O–H groups in total. The molecular weight excluding hydrogens is 306 g/mol. The number of methoxy groups -OCH3 is 1. The van der Waals surface area contributed by atoms with Crippen molar-refractivity contribution < 1.29 is 19.1 Å². The molecule has 2 rings (SSSR count). The third-order valence-electron chi connectivity index (χ3n) is 3.50. The minimum absolute atomic E-state index is 0.0748. The van der Waals surface area contributed by atoms with Crippen LogP contribution in [0.1, 0.15) is 29.3 Å². The Hall–Kier alpha value is -2.82. The minimum atomic E-state index is -0.285. The lowest BCUT2D eigenvalue weighted by atomic mass is 10.1. The van der Waals surface area contributed by atoms with Crippen LogP contribution in [0, 0.1) is 6.92 Å². The third kappa shape index (κ3) is 4.59. The lowest BCUT2D eigenvalue weighted by molar-refractivity contribution is -0.118. The molecule has 0 bridgehead atoms. The van der Waals surface area contributed by atoms with E-state index in [0.29, 0.717) is 29.2 Å². The number of amides is 1. The van der Waals surface area contributed by atoms with Crippen molar-refractivity contribution in [1.29, 1.82) is 0 Å². The number of ketones is 1. The first-order chi connectivity index (χ1) is 11.5. The minimum Gasteiger partial charge on any atom is -0.495 e. The summed E-state index contributed by atoms with van der Waals surface area (Å²) in [5.41, 5.74) is 2.26. The van der Waals surface area contributed by atoms with E-state index in [-0.39, 0.29) is 18.3 Å². The summed E-state index contributed by atoms with van der Waals surface area (Å²) < 4.78 is 10.7. The lowest BCUT2D eigenvalue weighted by Gasteiger charge is -2.11. The molecule has 0 aliphatic rings. The number of Topliss-reactive ketones (excluding diaryl/α,β-unsaturated/α-hetero) is 1. The highest BCUT2D eigenvalue weighted by Crippen LogP contribution is 2.25. The highest BCUT2D eigenvalue weighted by molar-refractivity contribution is 5.96. The normalized spacial score (nSPS) is 10.1. The maximum atomic E-state index is 12.0. The molecule has 0 fully saturated rings. The Bertz CT molecular complexity index is 723. The summed E-state index contributed by atoms with van der Waals surface area (Å²) in [6.45, 7) is 3.62. The van der Waals surface area contributed by atoms with Crippen LogP contribution >= 0.6 is 0 Å². The van der Waals surface area contributed by atoms with Crippen molar-refractivity contribution in [3.8, 4) is 11.5 Å². The van der Waals surface area contributed by atoms with Crippen LogP contribution in [-0.4, -0.2) is 25.4 Å². The summed E-state index contributed by atoms with van der Waals surface area (Å²) in [4.78, 5) is 23.6. The van der Waals surface area contributed by atoms with Gasteiger partial charge in [0.05, 0.1) is 12.8 Å². The Kier molecular flexibility index (Phi) is 5.95. The van der Waals surface area contributed by atoms with Crippen molar-refractivity contribution in [3.63, 3.8) is 0 Å². The number of nitrogens with one attached hydrogen (secondary N) is 1. The molecule has 0 aliphatic heterocycles. The molecule has 0 heterocycles. The molecule has 0 saturated carbocycles. The molecule has 0 radical (unpaired) electrons. The van der Waals surface area contributed by atoms with Gasteiger partial charge >= 0.3 is 0 Å². The number of rotatable bonds is 7. The third-order valence-corrected chi connectivity index (χ3v) is 3.50. The van der Waals surface area contributed by atoms with Gasteiger partial charge < -0.3 is 14.8 Å². The van der Waals surface area contributed by atoms with E-state index in [0.717, 1.165) is 5.56 Å². The second-order valence-electron chi connectivity index (χ2n) is 5.34. The summed E-state index contributed by atoms with van der Waals surface area (Å²) in [5, 5.41) is 2.77. The number of benzene rings is 2. The summed E-state index contributed by atoms with van der Waals surface area (Å²) >= 11 is 0. The number of hydrogen-bond acceptors (Lipinski definition) is 4. The molecular formula is C19H21NO4. The topological polar surface area (TPSA) is 64.6 Å². The first-order valence-corrected chi connectivity index (χ1v) is 7.74. The average molecular weight is 327 g/mol. The van der Waals surface area contributed by atoms with E-state index >= 15 is 0 Å². The molecule has 0 spiro atoms. The van der Waals surface area contributed by atoms with Gasteiger partial charge in [-0.25, -0.2) is 0 Å². The van der Waals surface area contributed by atoms with E-state index in [1.807, 2.05) is 26.0 Å². The molecule has 0 unspecified atom stereocenters. The van der Waals surface area contributed by atoms with Gasteiger partial charge in [0.1, 0.15) is 11.5 Å². The highest BCUT2D eigenvalue weighted by Gasteiger charge is 2.09. The van der Waals surface area contributed by atoms with E-state index in [1.165, 1.54) is 0 Å².